The van der Waals surface area contributed by atoms with Crippen molar-refractivity contribution in [3.63, 3.8) is 0 Å². The van der Waals surface area contributed by atoms with Crippen molar-refractivity contribution in [2.24, 2.45) is 0 Å². The number of anilines is 2. The van der Waals surface area contributed by atoms with E-state index in [2.05, 4.69) is 10.3 Å². The Morgan fingerprint density at radius 2 is 2.06 bits per heavy atom. The Bertz CT molecular complexity index is 451. The number of para-hydroxylation sites is 1. The molecule has 0 saturated carbocycles. The van der Waals surface area contributed by atoms with Crippen LogP contribution in [0.15, 0.2) is 42.6 Å². The van der Waals surface area contributed by atoms with Crippen LogP contribution in [0.25, 0.3) is 0 Å². The van der Waals surface area contributed by atoms with Crippen LogP contribution >= 0.6 is 11.6 Å². The summed E-state index contributed by atoms with van der Waals surface area (Å²) in [6.45, 7) is 0.606. The fraction of sp³-hybridized carbons (Fsp3) is 0.0833. The summed E-state index contributed by atoms with van der Waals surface area (Å²) in [6.07, 6.45) is 1.76. The number of halogens is 1. The van der Waals surface area contributed by atoms with Crippen LogP contribution in [0.1, 0.15) is 5.69 Å². The molecular formula is C12H12ClN3. The molecule has 0 aliphatic heterocycles. The highest BCUT2D eigenvalue weighted by Gasteiger charge is 2.03. The Balaban J connectivity index is 2.11. The van der Waals surface area contributed by atoms with Crippen LogP contribution < -0.4 is 11.1 Å². The van der Waals surface area contributed by atoms with E-state index in [0.717, 1.165) is 11.4 Å². The van der Waals surface area contributed by atoms with E-state index in [0.29, 0.717) is 17.3 Å². The number of nitrogen functional groups attached to an aromatic ring is 1. The number of hydrogen-bond donors (Lipinski definition) is 2. The summed E-state index contributed by atoms with van der Waals surface area (Å²) < 4.78 is 0. The standard InChI is InChI=1S/C12H12ClN3/c13-10-5-3-6-11(14)12(10)16-8-9-4-1-2-7-15-9/h1-7,16H,8,14H2. The van der Waals surface area contributed by atoms with Crippen molar-refractivity contribution in [2.45, 2.75) is 6.54 Å². The highest BCUT2D eigenvalue weighted by Crippen LogP contribution is 2.27. The highest BCUT2D eigenvalue weighted by atomic mass is 35.5. The summed E-state index contributed by atoms with van der Waals surface area (Å²) >= 11 is 6.03. The zero-order chi connectivity index (χ0) is 11.4. The number of hydrogen-bond acceptors (Lipinski definition) is 3. The Morgan fingerprint density at radius 3 is 2.75 bits per heavy atom. The van der Waals surface area contributed by atoms with Crippen molar-refractivity contribution in [3.05, 3.63) is 53.3 Å². The number of nitrogens with two attached hydrogens (primary N) is 1. The molecular weight excluding hydrogens is 222 g/mol. The molecule has 0 fully saturated rings. The molecule has 0 amide bonds. The van der Waals surface area contributed by atoms with E-state index in [9.17, 15) is 0 Å². The van der Waals surface area contributed by atoms with Crippen molar-refractivity contribution in [3.8, 4) is 0 Å². The summed E-state index contributed by atoms with van der Waals surface area (Å²) in [5.41, 5.74) is 8.17. The molecule has 0 spiro atoms. The average molecular weight is 234 g/mol. The fourth-order valence-corrected chi connectivity index (χ4v) is 1.66. The van der Waals surface area contributed by atoms with Gasteiger partial charge in [-0.3, -0.25) is 4.98 Å². The van der Waals surface area contributed by atoms with E-state index in [1.54, 1.807) is 12.3 Å². The predicted molar refractivity (Wildman–Crippen MR) is 67.4 cm³/mol. The molecule has 0 aliphatic carbocycles. The van der Waals surface area contributed by atoms with E-state index in [1.807, 2.05) is 30.3 Å². The van der Waals surface area contributed by atoms with Gasteiger partial charge >= 0.3 is 0 Å². The first-order chi connectivity index (χ1) is 7.77. The fourth-order valence-electron chi connectivity index (χ4n) is 1.41. The third kappa shape index (κ3) is 2.44. The quantitative estimate of drug-likeness (QED) is 0.802. The van der Waals surface area contributed by atoms with Crippen LogP contribution in [0.5, 0.6) is 0 Å². The first-order valence-corrected chi connectivity index (χ1v) is 5.33. The van der Waals surface area contributed by atoms with Crippen molar-refractivity contribution < 1.29 is 0 Å². The third-order valence-electron chi connectivity index (χ3n) is 2.22. The minimum atomic E-state index is 0.606. The Morgan fingerprint density at radius 1 is 1.19 bits per heavy atom. The molecule has 1 aromatic carbocycles. The number of nitrogens with one attached hydrogen (secondary N) is 1. The molecule has 2 rings (SSSR count). The molecule has 0 atom stereocenters. The predicted octanol–water partition coefficient (Wildman–Crippen LogP) is 2.93. The molecule has 3 nitrogen and oxygen atoms in total. The lowest BCUT2D eigenvalue weighted by Crippen LogP contribution is -2.04. The molecule has 2 aromatic rings. The van der Waals surface area contributed by atoms with E-state index in [1.165, 1.54) is 0 Å². The lowest BCUT2D eigenvalue weighted by molar-refractivity contribution is 1.05. The number of benzene rings is 1. The van der Waals surface area contributed by atoms with E-state index in [-0.39, 0.29) is 0 Å². The van der Waals surface area contributed by atoms with Gasteiger partial charge in [-0.1, -0.05) is 23.7 Å². The van der Waals surface area contributed by atoms with Crippen LogP contribution in [-0.2, 0) is 6.54 Å². The van der Waals surface area contributed by atoms with E-state index in [4.69, 9.17) is 17.3 Å². The minimum Gasteiger partial charge on any atom is -0.397 e. The lowest BCUT2D eigenvalue weighted by atomic mass is 10.2. The Labute approximate surface area is 99.3 Å². The van der Waals surface area contributed by atoms with E-state index < -0.39 is 0 Å². The molecule has 1 heterocycles. The number of nitrogens with zero attached hydrogens (tertiary/aromatic N) is 1. The van der Waals surface area contributed by atoms with Gasteiger partial charge in [0.2, 0.25) is 0 Å². The molecule has 3 N–H and O–H groups in total. The Hall–Kier alpha value is -1.74. The maximum Gasteiger partial charge on any atom is 0.0766 e. The minimum absolute atomic E-state index is 0.606. The maximum absolute atomic E-state index is 6.03. The van der Waals surface area contributed by atoms with Crippen LogP contribution in [-0.4, -0.2) is 4.98 Å². The van der Waals surface area contributed by atoms with Gasteiger partial charge in [-0.2, -0.15) is 0 Å². The highest BCUT2D eigenvalue weighted by molar-refractivity contribution is 6.33. The lowest BCUT2D eigenvalue weighted by Gasteiger charge is -2.10. The molecule has 0 saturated heterocycles. The summed E-state index contributed by atoms with van der Waals surface area (Å²) in [4.78, 5) is 4.21. The second-order valence-electron chi connectivity index (χ2n) is 3.38. The SMILES string of the molecule is Nc1cccc(Cl)c1NCc1ccccn1. The first-order valence-electron chi connectivity index (χ1n) is 4.95. The van der Waals surface area contributed by atoms with Gasteiger partial charge in [0.25, 0.3) is 0 Å². The summed E-state index contributed by atoms with van der Waals surface area (Å²) in [6, 6.07) is 11.2. The second-order valence-corrected chi connectivity index (χ2v) is 3.79. The molecule has 0 radical (unpaired) electrons. The molecule has 16 heavy (non-hydrogen) atoms. The molecule has 0 aliphatic rings. The van der Waals surface area contributed by atoms with Crippen molar-refractivity contribution in [2.75, 3.05) is 11.1 Å². The topological polar surface area (TPSA) is 50.9 Å². The Kier molecular flexibility index (Phi) is 3.27. The number of pyridine rings is 1. The number of rotatable bonds is 3. The average Bonchev–Trinajstić information content (AvgIpc) is 2.30. The zero-order valence-corrected chi connectivity index (χ0v) is 9.41. The van der Waals surface area contributed by atoms with Crippen LogP contribution in [0.2, 0.25) is 5.02 Å². The summed E-state index contributed by atoms with van der Waals surface area (Å²) in [5, 5.41) is 3.80. The second kappa shape index (κ2) is 4.86. The largest absolute Gasteiger partial charge is 0.397 e. The zero-order valence-electron chi connectivity index (χ0n) is 8.65. The number of aromatic nitrogens is 1. The molecule has 82 valence electrons. The van der Waals surface area contributed by atoms with Crippen molar-refractivity contribution in [1.29, 1.82) is 0 Å². The summed E-state index contributed by atoms with van der Waals surface area (Å²) in [7, 11) is 0. The molecule has 0 bridgehead atoms. The van der Waals surface area contributed by atoms with Gasteiger partial charge < -0.3 is 11.1 Å². The third-order valence-corrected chi connectivity index (χ3v) is 2.53. The van der Waals surface area contributed by atoms with Crippen LogP contribution in [0, 0.1) is 0 Å². The van der Waals surface area contributed by atoms with Crippen molar-refractivity contribution in [1.82, 2.24) is 4.98 Å². The maximum atomic E-state index is 6.03. The van der Waals surface area contributed by atoms with Gasteiger partial charge in [-0.25, -0.2) is 0 Å². The van der Waals surface area contributed by atoms with E-state index >= 15 is 0 Å². The van der Waals surface area contributed by atoms with Crippen LogP contribution in [0.3, 0.4) is 0 Å². The van der Waals surface area contributed by atoms with Gasteiger partial charge in [0.1, 0.15) is 0 Å². The van der Waals surface area contributed by atoms with Gasteiger partial charge in [0.05, 0.1) is 28.6 Å². The van der Waals surface area contributed by atoms with Gasteiger partial charge in [0.15, 0.2) is 0 Å². The molecule has 4 heteroatoms. The summed E-state index contributed by atoms with van der Waals surface area (Å²) in [5.74, 6) is 0. The molecule has 0 unspecified atom stereocenters. The first kappa shape index (κ1) is 10.8. The van der Waals surface area contributed by atoms with Gasteiger partial charge in [-0.15, -0.1) is 0 Å². The molecule has 1 aromatic heterocycles. The monoisotopic (exact) mass is 233 g/mol. The smallest absolute Gasteiger partial charge is 0.0766 e. The van der Waals surface area contributed by atoms with Crippen molar-refractivity contribution >= 4 is 23.0 Å². The van der Waals surface area contributed by atoms with Crippen LogP contribution in [0.4, 0.5) is 11.4 Å². The van der Waals surface area contributed by atoms with Gasteiger partial charge in [0, 0.05) is 6.20 Å². The normalized spacial score (nSPS) is 10.1. The van der Waals surface area contributed by atoms with Gasteiger partial charge in [-0.05, 0) is 24.3 Å².